The molecule has 1 atom stereocenters. The Morgan fingerprint density at radius 3 is 3.23 bits per heavy atom. The van der Waals surface area contributed by atoms with Crippen LogP contribution in [-0.4, -0.2) is 15.3 Å². The molecule has 0 fully saturated rings. The fraction of sp³-hybridized carbons (Fsp3) is 0.556. The van der Waals surface area contributed by atoms with Crippen molar-refractivity contribution in [3.8, 4) is 6.07 Å². The van der Waals surface area contributed by atoms with Crippen molar-refractivity contribution in [2.45, 2.75) is 31.8 Å². The molecule has 1 aliphatic carbocycles. The van der Waals surface area contributed by atoms with E-state index in [1.165, 1.54) is 0 Å². The van der Waals surface area contributed by atoms with Gasteiger partial charge in [0.05, 0.1) is 18.2 Å². The lowest BCUT2D eigenvalue weighted by Crippen LogP contribution is -1.99. The van der Waals surface area contributed by atoms with Crippen LogP contribution in [0.5, 0.6) is 0 Å². The fourth-order valence-corrected chi connectivity index (χ4v) is 1.80. The van der Waals surface area contributed by atoms with E-state index in [1.807, 2.05) is 6.07 Å². The maximum absolute atomic E-state index is 9.57. The first kappa shape index (κ1) is 8.27. The number of aliphatic hydroxyl groups is 1. The van der Waals surface area contributed by atoms with E-state index in [9.17, 15) is 5.11 Å². The molecule has 68 valence electrons. The first-order valence-corrected chi connectivity index (χ1v) is 4.44. The Balaban J connectivity index is 2.26. The Morgan fingerprint density at radius 1 is 1.62 bits per heavy atom. The van der Waals surface area contributed by atoms with E-state index in [1.54, 1.807) is 0 Å². The number of H-pyrrole nitrogens is 1. The maximum atomic E-state index is 9.57. The molecule has 1 heterocycles. The molecule has 4 nitrogen and oxygen atoms in total. The van der Waals surface area contributed by atoms with Gasteiger partial charge in [0.25, 0.3) is 0 Å². The number of hydrogen-bond acceptors (Lipinski definition) is 3. The number of aryl methyl sites for hydroxylation is 1. The summed E-state index contributed by atoms with van der Waals surface area (Å²) in [6.07, 6.45) is 2.52. The van der Waals surface area contributed by atoms with E-state index in [2.05, 4.69) is 10.2 Å². The van der Waals surface area contributed by atoms with Crippen LogP contribution in [0.1, 0.15) is 35.9 Å². The Morgan fingerprint density at radius 2 is 2.46 bits per heavy atom. The zero-order valence-electron chi connectivity index (χ0n) is 7.25. The summed E-state index contributed by atoms with van der Waals surface area (Å²) >= 11 is 0. The van der Waals surface area contributed by atoms with Gasteiger partial charge in [-0.25, -0.2) is 0 Å². The molecule has 0 aliphatic heterocycles. The second-order valence-electron chi connectivity index (χ2n) is 3.30. The molecule has 2 N–H and O–H groups in total. The highest BCUT2D eigenvalue weighted by Gasteiger charge is 2.22. The van der Waals surface area contributed by atoms with E-state index in [0.717, 1.165) is 30.5 Å². The van der Waals surface area contributed by atoms with E-state index in [-0.39, 0.29) is 6.42 Å². The van der Waals surface area contributed by atoms with Crippen LogP contribution in [0.25, 0.3) is 0 Å². The number of rotatable bonds is 2. The molecule has 1 unspecified atom stereocenters. The first-order valence-electron chi connectivity index (χ1n) is 4.44. The van der Waals surface area contributed by atoms with Gasteiger partial charge in [0.1, 0.15) is 6.10 Å². The third-order valence-electron chi connectivity index (χ3n) is 2.44. The molecule has 0 saturated heterocycles. The van der Waals surface area contributed by atoms with Crippen molar-refractivity contribution in [3.05, 3.63) is 17.0 Å². The summed E-state index contributed by atoms with van der Waals surface area (Å²) in [5, 5.41) is 24.9. The third-order valence-corrected chi connectivity index (χ3v) is 2.44. The van der Waals surface area contributed by atoms with E-state index < -0.39 is 6.10 Å². The van der Waals surface area contributed by atoms with Gasteiger partial charge >= 0.3 is 0 Å². The normalized spacial score (nSPS) is 16.6. The Labute approximate surface area is 76.2 Å². The minimum absolute atomic E-state index is 0.122. The highest BCUT2D eigenvalue weighted by atomic mass is 16.3. The van der Waals surface area contributed by atoms with E-state index >= 15 is 0 Å². The first-order chi connectivity index (χ1) is 6.33. The van der Waals surface area contributed by atoms with Crippen LogP contribution < -0.4 is 0 Å². The van der Waals surface area contributed by atoms with Crippen molar-refractivity contribution < 1.29 is 5.11 Å². The van der Waals surface area contributed by atoms with Crippen LogP contribution in [0.2, 0.25) is 0 Å². The number of hydrogen-bond donors (Lipinski definition) is 2. The van der Waals surface area contributed by atoms with Gasteiger partial charge in [-0.3, -0.25) is 5.10 Å². The molecular weight excluding hydrogens is 166 g/mol. The number of aromatic amines is 1. The third kappa shape index (κ3) is 1.31. The summed E-state index contributed by atoms with van der Waals surface area (Å²) in [4.78, 5) is 0. The van der Waals surface area contributed by atoms with Gasteiger partial charge in [0.2, 0.25) is 0 Å². The second kappa shape index (κ2) is 3.19. The molecule has 0 aromatic carbocycles. The summed E-state index contributed by atoms with van der Waals surface area (Å²) in [6.45, 7) is 0. The summed E-state index contributed by atoms with van der Waals surface area (Å²) < 4.78 is 0. The van der Waals surface area contributed by atoms with Gasteiger partial charge in [-0.05, 0) is 24.8 Å². The lowest BCUT2D eigenvalue weighted by atomic mass is 10.1. The second-order valence-corrected chi connectivity index (χ2v) is 3.30. The average Bonchev–Trinajstić information content (AvgIpc) is 2.62. The zero-order chi connectivity index (χ0) is 9.26. The lowest BCUT2D eigenvalue weighted by molar-refractivity contribution is 0.177. The lowest BCUT2D eigenvalue weighted by Gasteiger charge is -2.03. The predicted octanol–water partition coefficient (Wildman–Crippen LogP) is 0.845. The van der Waals surface area contributed by atoms with Gasteiger partial charge in [0.15, 0.2) is 0 Å². The standard InChI is InChI=1S/C9H11N3O/c10-5-4-8(13)9-6-2-1-3-7(6)11-12-9/h8,13H,1-4H2,(H,11,12). The molecule has 0 spiro atoms. The van der Waals surface area contributed by atoms with Crippen molar-refractivity contribution in [3.63, 3.8) is 0 Å². The largest absolute Gasteiger partial charge is 0.386 e. The number of nitrogens with zero attached hydrogens (tertiary/aromatic N) is 2. The minimum Gasteiger partial charge on any atom is -0.386 e. The molecule has 0 bridgehead atoms. The van der Waals surface area contributed by atoms with Gasteiger partial charge in [-0.1, -0.05) is 0 Å². The monoisotopic (exact) mass is 177 g/mol. The van der Waals surface area contributed by atoms with Crippen molar-refractivity contribution in [2.24, 2.45) is 0 Å². The SMILES string of the molecule is N#CCC(O)c1n[nH]c2c1CCC2. The highest BCUT2D eigenvalue weighted by molar-refractivity contribution is 5.31. The summed E-state index contributed by atoms with van der Waals surface area (Å²) in [5.41, 5.74) is 2.93. The topological polar surface area (TPSA) is 72.7 Å². The van der Waals surface area contributed by atoms with E-state index in [4.69, 9.17) is 5.26 Å². The Bertz CT molecular complexity index is 350. The maximum Gasteiger partial charge on any atom is 0.111 e. The fourth-order valence-electron chi connectivity index (χ4n) is 1.80. The summed E-state index contributed by atoms with van der Waals surface area (Å²) in [5.74, 6) is 0. The molecule has 0 radical (unpaired) electrons. The molecular formula is C9H11N3O. The number of fused-ring (bicyclic) bond motifs is 1. The number of nitriles is 1. The van der Waals surface area contributed by atoms with Gasteiger partial charge in [0, 0.05) is 5.69 Å². The van der Waals surface area contributed by atoms with Gasteiger partial charge < -0.3 is 5.11 Å². The smallest absolute Gasteiger partial charge is 0.111 e. The molecule has 1 aromatic heterocycles. The molecule has 13 heavy (non-hydrogen) atoms. The highest BCUT2D eigenvalue weighted by Crippen LogP contribution is 2.27. The quantitative estimate of drug-likeness (QED) is 0.703. The number of aliphatic hydroxyl groups excluding tert-OH is 1. The molecule has 0 saturated carbocycles. The van der Waals surface area contributed by atoms with Crippen LogP contribution in [0, 0.1) is 11.3 Å². The average molecular weight is 177 g/mol. The Hall–Kier alpha value is -1.34. The van der Waals surface area contributed by atoms with Crippen molar-refractivity contribution in [1.29, 1.82) is 5.26 Å². The predicted molar refractivity (Wildman–Crippen MR) is 45.8 cm³/mol. The number of aromatic nitrogens is 2. The van der Waals surface area contributed by atoms with Crippen LogP contribution in [-0.2, 0) is 12.8 Å². The molecule has 2 rings (SSSR count). The van der Waals surface area contributed by atoms with E-state index in [0.29, 0.717) is 5.69 Å². The molecule has 0 amide bonds. The minimum atomic E-state index is -0.719. The summed E-state index contributed by atoms with van der Waals surface area (Å²) in [6, 6.07) is 1.94. The van der Waals surface area contributed by atoms with Crippen molar-refractivity contribution in [2.75, 3.05) is 0 Å². The van der Waals surface area contributed by atoms with Crippen molar-refractivity contribution in [1.82, 2.24) is 10.2 Å². The van der Waals surface area contributed by atoms with Crippen LogP contribution in [0.15, 0.2) is 0 Å². The summed E-state index contributed by atoms with van der Waals surface area (Å²) in [7, 11) is 0. The van der Waals surface area contributed by atoms with Gasteiger partial charge in [-0.15, -0.1) is 0 Å². The zero-order valence-corrected chi connectivity index (χ0v) is 7.25. The van der Waals surface area contributed by atoms with Gasteiger partial charge in [-0.2, -0.15) is 10.4 Å². The molecule has 1 aromatic rings. The van der Waals surface area contributed by atoms with Crippen LogP contribution in [0.4, 0.5) is 0 Å². The number of nitrogens with one attached hydrogen (secondary N) is 1. The molecule has 4 heteroatoms. The Kier molecular flexibility index (Phi) is 2.03. The van der Waals surface area contributed by atoms with Crippen molar-refractivity contribution >= 4 is 0 Å². The molecule has 1 aliphatic rings. The van der Waals surface area contributed by atoms with Crippen LogP contribution in [0.3, 0.4) is 0 Å². The van der Waals surface area contributed by atoms with Crippen LogP contribution >= 0.6 is 0 Å².